The molecule has 3 nitrogen and oxygen atoms in total. The molecule has 0 aromatic carbocycles. The molecular formula is C15H25N3. The van der Waals surface area contributed by atoms with Gasteiger partial charge in [0.25, 0.3) is 0 Å². The van der Waals surface area contributed by atoms with E-state index in [1.807, 2.05) is 6.20 Å². The molecule has 1 N–H and O–H groups in total. The normalized spacial score (nSPS) is 22.3. The van der Waals surface area contributed by atoms with E-state index in [9.17, 15) is 0 Å². The maximum atomic E-state index is 4.53. The highest BCUT2D eigenvalue weighted by molar-refractivity contribution is 5.28. The lowest BCUT2D eigenvalue weighted by molar-refractivity contribution is 0.512. The SMILES string of the molecule is CCC(CC1CC1)Nc1nccn1C1CCCC1. The first-order valence-corrected chi connectivity index (χ1v) is 7.66. The summed E-state index contributed by atoms with van der Waals surface area (Å²) >= 11 is 0. The molecule has 0 saturated heterocycles. The smallest absolute Gasteiger partial charge is 0.203 e. The van der Waals surface area contributed by atoms with E-state index in [0.717, 1.165) is 11.9 Å². The van der Waals surface area contributed by atoms with Crippen molar-refractivity contribution >= 4 is 5.95 Å². The molecular weight excluding hydrogens is 222 g/mol. The monoisotopic (exact) mass is 247 g/mol. The van der Waals surface area contributed by atoms with Crippen LogP contribution in [-0.2, 0) is 0 Å². The van der Waals surface area contributed by atoms with Crippen molar-refractivity contribution in [2.75, 3.05) is 5.32 Å². The van der Waals surface area contributed by atoms with Gasteiger partial charge in [0.2, 0.25) is 5.95 Å². The van der Waals surface area contributed by atoms with Crippen LogP contribution in [0.25, 0.3) is 0 Å². The molecule has 1 aromatic heterocycles. The number of nitrogens with zero attached hydrogens (tertiary/aromatic N) is 2. The second-order valence-corrected chi connectivity index (χ2v) is 6.02. The Morgan fingerprint density at radius 1 is 1.33 bits per heavy atom. The lowest BCUT2D eigenvalue weighted by Gasteiger charge is -2.21. The molecule has 100 valence electrons. The highest BCUT2D eigenvalue weighted by Gasteiger charge is 2.26. The number of anilines is 1. The average molecular weight is 247 g/mol. The van der Waals surface area contributed by atoms with E-state index in [2.05, 4.69) is 28.0 Å². The molecule has 2 fully saturated rings. The summed E-state index contributed by atoms with van der Waals surface area (Å²) in [6.07, 6.45) is 14.9. The van der Waals surface area contributed by atoms with Crippen LogP contribution in [0, 0.1) is 5.92 Å². The topological polar surface area (TPSA) is 29.9 Å². The van der Waals surface area contributed by atoms with Crippen LogP contribution in [-0.4, -0.2) is 15.6 Å². The quantitative estimate of drug-likeness (QED) is 0.823. The fraction of sp³-hybridized carbons (Fsp3) is 0.800. The van der Waals surface area contributed by atoms with E-state index in [1.54, 1.807) is 0 Å². The molecule has 1 unspecified atom stereocenters. The molecule has 3 heteroatoms. The zero-order valence-electron chi connectivity index (χ0n) is 11.4. The van der Waals surface area contributed by atoms with Crippen LogP contribution in [0.2, 0.25) is 0 Å². The highest BCUT2D eigenvalue weighted by atomic mass is 15.2. The molecule has 0 radical (unpaired) electrons. The van der Waals surface area contributed by atoms with E-state index in [4.69, 9.17) is 0 Å². The minimum atomic E-state index is 0.611. The highest BCUT2D eigenvalue weighted by Crippen LogP contribution is 2.35. The molecule has 0 spiro atoms. The van der Waals surface area contributed by atoms with Gasteiger partial charge in [0.1, 0.15) is 0 Å². The second kappa shape index (κ2) is 5.33. The van der Waals surface area contributed by atoms with Crippen molar-refractivity contribution in [1.82, 2.24) is 9.55 Å². The van der Waals surface area contributed by atoms with Gasteiger partial charge in [-0.2, -0.15) is 0 Å². The summed E-state index contributed by atoms with van der Waals surface area (Å²) in [5.74, 6) is 2.09. The fourth-order valence-electron chi connectivity index (χ4n) is 3.17. The van der Waals surface area contributed by atoms with Gasteiger partial charge in [-0.05, 0) is 31.6 Å². The van der Waals surface area contributed by atoms with Crippen molar-refractivity contribution in [2.45, 2.75) is 70.4 Å². The molecule has 1 heterocycles. The molecule has 2 aliphatic carbocycles. The number of hydrogen-bond donors (Lipinski definition) is 1. The van der Waals surface area contributed by atoms with Gasteiger partial charge in [0, 0.05) is 24.5 Å². The minimum Gasteiger partial charge on any atom is -0.353 e. The lowest BCUT2D eigenvalue weighted by atomic mass is 10.1. The zero-order valence-corrected chi connectivity index (χ0v) is 11.4. The summed E-state index contributed by atoms with van der Waals surface area (Å²) in [5.41, 5.74) is 0. The van der Waals surface area contributed by atoms with Crippen molar-refractivity contribution in [1.29, 1.82) is 0 Å². The molecule has 2 saturated carbocycles. The Morgan fingerprint density at radius 2 is 2.11 bits per heavy atom. The van der Waals surface area contributed by atoms with Crippen LogP contribution in [0.5, 0.6) is 0 Å². The molecule has 2 aliphatic rings. The van der Waals surface area contributed by atoms with Gasteiger partial charge < -0.3 is 9.88 Å². The van der Waals surface area contributed by atoms with Gasteiger partial charge >= 0.3 is 0 Å². The van der Waals surface area contributed by atoms with Gasteiger partial charge in [-0.15, -0.1) is 0 Å². The lowest BCUT2D eigenvalue weighted by Crippen LogP contribution is -2.22. The van der Waals surface area contributed by atoms with E-state index in [-0.39, 0.29) is 0 Å². The molecule has 0 amide bonds. The number of hydrogen-bond acceptors (Lipinski definition) is 2. The van der Waals surface area contributed by atoms with Crippen molar-refractivity contribution < 1.29 is 0 Å². The molecule has 18 heavy (non-hydrogen) atoms. The van der Waals surface area contributed by atoms with Crippen LogP contribution >= 0.6 is 0 Å². The van der Waals surface area contributed by atoms with Crippen molar-refractivity contribution in [3.8, 4) is 0 Å². The van der Waals surface area contributed by atoms with Gasteiger partial charge in [-0.3, -0.25) is 0 Å². The Bertz CT molecular complexity index is 375. The van der Waals surface area contributed by atoms with Crippen molar-refractivity contribution in [2.24, 2.45) is 5.92 Å². The molecule has 0 bridgehead atoms. The maximum absolute atomic E-state index is 4.53. The number of nitrogens with one attached hydrogen (secondary N) is 1. The third-order valence-electron chi connectivity index (χ3n) is 4.53. The number of imidazole rings is 1. The summed E-state index contributed by atoms with van der Waals surface area (Å²) < 4.78 is 2.38. The number of aromatic nitrogens is 2. The summed E-state index contributed by atoms with van der Waals surface area (Å²) in [5, 5.41) is 3.68. The Balaban J connectivity index is 1.65. The second-order valence-electron chi connectivity index (χ2n) is 6.02. The van der Waals surface area contributed by atoms with Crippen molar-refractivity contribution in [3.63, 3.8) is 0 Å². The summed E-state index contributed by atoms with van der Waals surface area (Å²) in [4.78, 5) is 4.53. The van der Waals surface area contributed by atoms with E-state index >= 15 is 0 Å². The van der Waals surface area contributed by atoms with Crippen LogP contribution in [0.4, 0.5) is 5.95 Å². The molecule has 1 aromatic rings. The van der Waals surface area contributed by atoms with E-state index in [0.29, 0.717) is 12.1 Å². The Morgan fingerprint density at radius 3 is 2.78 bits per heavy atom. The summed E-state index contributed by atoms with van der Waals surface area (Å²) in [7, 11) is 0. The molecule has 0 aliphatic heterocycles. The first kappa shape index (κ1) is 12.1. The fourth-order valence-corrected chi connectivity index (χ4v) is 3.17. The first-order valence-electron chi connectivity index (χ1n) is 7.66. The van der Waals surface area contributed by atoms with Gasteiger partial charge in [0.15, 0.2) is 0 Å². The van der Waals surface area contributed by atoms with Gasteiger partial charge in [-0.1, -0.05) is 32.6 Å². The predicted octanol–water partition coefficient (Wildman–Crippen LogP) is 3.99. The zero-order chi connectivity index (χ0) is 12.4. The Kier molecular flexibility index (Phi) is 3.57. The van der Waals surface area contributed by atoms with Gasteiger partial charge in [-0.25, -0.2) is 4.98 Å². The van der Waals surface area contributed by atoms with Gasteiger partial charge in [0.05, 0.1) is 0 Å². The summed E-state index contributed by atoms with van der Waals surface area (Å²) in [6, 6.07) is 1.30. The molecule has 1 atom stereocenters. The number of rotatable bonds is 6. The van der Waals surface area contributed by atoms with Crippen LogP contribution in [0.1, 0.15) is 64.3 Å². The third-order valence-corrected chi connectivity index (χ3v) is 4.53. The van der Waals surface area contributed by atoms with Crippen molar-refractivity contribution in [3.05, 3.63) is 12.4 Å². The van der Waals surface area contributed by atoms with E-state index < -0.39 is 0 Å². The standard InChI is InChI=1S/C15H25N3/c1-2-13(11-12-7-8-12)17-15-16-9-10-18(15)14-5-3-4-6-14/h9-10,12-14H,2-8,11H2,1H3,(H,16,17). The third kappa shape index (κ3) is 2.70. The molecule has 3 rings (SSSR count). The average Bonchev–Trinajstić information content (AvgIpc) is 2.88. The first-order chi connectivity index (χ1) is 8.86. The Labute approximate surface area is 110 Å². The van der Waals surface area contributed by atoms with Crippen LogP contribution in [0.15, 0.2) is 12.4 Å². The predicted molar refractivity (Wildman–Crippen MR) is 74.8 cm³/mol. The van der Waals surface area contributed by atoms with Crippen LogP contribution < -0.4 is 5.32 Å². The van der Waals surface area contributed by atoms with Crippen LogP contribution in [0.3, 0.4) is 0 Å². The maximum Gasteiger partial charge on any atom is 0.203 e. The van der Waals surface area contributed by atoms with E-state index in [1.165, 1.54) is 51.4 Å². The Hall–Kier alpha value is -0.990. The minimum absolute atomic E-state index is 0.611. The summed E-state index contributed by atoms with van der Waals surface area (Å²) in [6.45, 7) is 2.28. The largest absolute Gasteiger partial charge is 0.353 e.